The van der Waals surface area contributed by atoms with Gasteiger partial charge < -0.3 is 28.9 Å². The Morgan fingerprint density at radius 2 is 1.81 bits per heavy atom. The van der Waals surface area contributed by atoms with Crippen LogP contribution in [-0.2, 0) is 9.47 Å². The zero-order chi connectivity index (χ0) is 21.7. The summed E-state index contributed by atoms with van der Waals surface area (Å²) in [6, 6.07) is 17.4. The molecule has 32 heavy (non-hydrogen) atoms. The van der Waals surface area contributed by atoms with Crippen molar-refractivity contribution in [3.8, 4) is 22.6 Å². The Hall–Kier alpha value is -3.46. The number of aliphatic hydroxyl groups excluding tert-OH is 1. The highest BCUT2D eigenvalue weighted by molar-refractivity contribution is 5.94. The van der Waals surface area contributed by atoms with Gasteiger partial charge in [-0.1, -0.05) is 30.3 Å². The molecule has 2 aromatic heterocycles. The van der Waals surface area contributed by atoms with Crippen LogP contribution < -0.4 is 10.3 Å². The minimum Gasteiger partial charge on any atom is -0.485 e. The molecule has 0 amide bonds. The van der Waals surface area contributed by atoms with Gasteiger partial charge in [0.25, 0.3) is 5.56 Å². The van der Waals surface area contributed by atoms with Gasteiger partial charge in [0.2, 0.25) is 0 Å². The van der Waals surface area contributed by atoms with Crippen molar-refractivity contribution in [1.82, 2.24) is 14.5 Å². The van der Waals surface area contributed by atoms with Gasteiger partial charge in [0, 0.05) is 17.4 Å². The van der Waals surface area contributed by atoms with Gasteiger partial charge in [0.15, 0.2) is 11.8 Å². The Morgan fingerprint density at radius 1 is 1.03 bits per heavy atom. The van der Waals surface area contributed by atoms with E-state index < -0.39 is 6.10 Å². The first kappa shape index (κ1) is 19.2. The van der Waals surface area contributed by atoms with Gasteiger partial charge >= 0.3 is 0 Å². The number of aromatic amines is 1. The number of nitrogens with zero attached hydrogens (tertiary/aromatic N) is 2. The Bertz CT molecular complexity index is 1320. The van der Waals surface area contributed by atoms with Gasteiger partial charge in [-0.3, -0.25) is 4.79 Å². The predicted molar refractivity (Wildman–Crippen MR) is 117 cm³/mol. The van der Waals surface area contributed by atoms with Crippen LogP contribution in [0.2, 0.25) is 0 Å². The van der Waals surface area contributed by atoms with Crippen molar-refractivity contribution in [1.29, 1.82) is 0 Å². The van der Waals surface area contributed by atoms with Crippen LogP contribution in [0, 0.1) is 0 Å². The molecule has 0 radical (unpaired) electrons. The monoisotopic (exact) mass is 431 g/mol. The molecule has 0 bridgehead atoms. The number of aromatic nitrogens is 3. The minimum atomic E-state index is -0.607. The van der Waals surface area contributed by atoms with E-state index in [4.69, 9.17) is 14.2 Å². The average molecular weight is 431 g/mol. The molecule has 2 fully saturated rings. The summed E-state index contributed by atoms with van der Waals surface area (Å²) in [5.41, 5.74) is 3.00. The molecule has 6 rings (SSSR count). The lowest BCUT2D eigenvalue weighted by Gasteiger charge is -2.18. The lowest BCUT2D eigenvalue weighted by molar-refractivity contribution is 0.00863. The molecule has 8 heteroatoms. The Morgan fingerprint density at radius 3 is 2.62 bits per heavy atom. The third-order valence-electron chi connectivity index (χ3n) is 6.06. The molecule has 2 saturated heterocycles. The van der Waals surface area contributed by atoms with E-state index in [1.54, 1.807) is 0 Å². The number of fused-ring (bicyclic) bond motifs is 2. The van der Waals surface area contributed by atoms with Gasteiger partial charge in [-0.05, 0) is 29.8 Å². The third-order valence-corrected chi connectivity index (χ3v) is 6.06. The summed E-state index contributed by atoms with van der Waals surface area (Å²) < 4.78 is 19.2. The van der Waals surface area contributed by atoms with Crippen LogP contribution in [-0.4, -0.2) is 57.3 Å². The van der Waals surface area contributed by atoms with Crippen LogP contribution in [0.15, 0.2) is 71.9 Å². The number of para-hydroxylation sites is 1. The maximum absolute atomic E-state index is 12.7. The van der Waals surface area contributed by atoms with Gasteiger partial charge in [-0.15, -0.1) is 0 Å². The number of rotatable bonds is 4. The molecule has 2 N–H and O–H groups in total. The first-order chi connectivity index (χ1) is 15.7. The van der Waals surface area contributed by atoms with Crippen LogP contribution in [0.1, 0.15) is 0 Å². The topological polar surface area (TPSA) is 98.6 Å². The fourth-order valence-electron chi connectivity index (χ4n) is 4.51. The lowest BCUT2D eigenvalue weighted by atomic mass is 10.1. The number of hydrogen-bond donors (Lipinski definition) is 2. The highest BCUT2D eigenvalue weighted by Crippen LogP contribution is 2.33. The van der Waals surface area contributed by atoms with Crippen LogP contribution in [0.4, 0.5) is 0 Å². The number of benzene rings is 2. The molecule has 4 heterocycles. The van der Waals surface area contributed by atoms with Crippen molar-refractivity contribution < 1.29 is 19.3 Å². The van der Waals surface area contributed by atoms with E-state index in [0.29, 0.717) is 23.4 Å². The van der Waals surface area contributed by atoms with E-state index in [0.717, 1.165) is 16.8 Å². The summed E-state index contributed by atoms with van der Waals surface area (Å²) in [5.74, 6) is 0.673. The molecular formula is C24H21N3O5. The predicted octanol–water partition coefficient (Wildman–Crippen LogP) is 2.29. The van der Waals surface area contributed by atoms with Gasteiger partial charge in [-0.25, -0.2) is 4.98 Å². The van der Waals surface area contributed by atoms with Crippen LogP contribution in [0.25, 0.3) is 27.8 Å². The van der Waals surface area contributed by atoms with E-state index in [9.17, 15) is 9.90 Å². The van der Waals surface area contributed by atoms with Crippen molar-refractivity contribution in [2.24, 2.45) is 0 Å². The molecule has 4 aromatic rings. The second-order valence-electron chi connectivity index (χ2n) is 8.02. The molecule has 4 atom stereocenters. The van der Waals surface area contributed by atoms with Gasteiger partial charge in [0.1, 0.15) is 24.1 Å². The smallest absolute Gasteiger partial charge is 0.260 e. The molecule has 0 aliphatic carbocycles. The second kappa shape index (κ2) is 7.59. The molecule has 0 spiro atoms. The van der Waals surface area contributed by atoms with Crippen molar-refractivity contribution in [2.75, 3.05) is 13.2 Å². The third kappa shape index (κ3) is 3.12. The minimum absolute atomic E-state index is 0.189. The standard InChI is InChI=1S/C24H21N3O5/c28-18-11-30-22-19(12-31-21(18)22)32-16-8-6-14(7-9-16)17-10-27(15-4-2-1-3-5-15)23-20(17)24(29)26-13-25-23/h1-10,13,18-19,21-22,28H,11-12H2,(H,25,26,29)/t18-,19-,21?,22+/m1/s1. The summed E-state index contributed by atoms with van der Waals surface area (Å²) in [4.78, 5) is 19.8. The zero-order valence-corrected chi connectivity index (χ0v) is 17.0. The molecule has 2 aliphatic heterocycles. The second-order valence-corrected chi connectivity index (χ2v) is 8.02. The van der Waals surface area contributed by atoms with Crippen molar-refractivity contribution >= 4 is 11.0 Å². The highest BCUT2D eigenvalue weighted by Gasteiger charge is 2.48. The summed E-state index contributed by atoms with van der Waals surface area (Å²) in [6.07, 6.45) is 1.88. The normalized spacial score (nSPS) is 24.7. The fraction of sp³-hybridized carbons (Fsp3) is 0.250. The number of H-pyrrole nitrogens is 1. The van der Waals surface area contributed by atoms with Crippen molar-refractivity contribution in [3.63, 3.8) is 0 Å². The van der Waals surface area contributed by atoms with Gasteiger partial charge in [-0.2, -0.15) is 0 Å². The molecule has 2 aromatic carbocycles. The summed E-state index contributed by atoms with van der Waals surface area (Å²) in [7, 11) is 0. The largest absolute Gasteiger partial charge is 0.485 e. The summed E-state index contributed by atoms with van der Waals surface area (Å²) in [6.45, 7) is 0.641. The quantitative estimate of drug-likeness (QED) is 0.515. The van der Waals surface area contributed by atoms with Gasteiger partial charge in [0.05, 0.1) is 24.9 Å². The van der Waals surface area contributed by atoms with Crippen LogP contribution in [0.3, 0.4) is 0 Å². The average Bonchev–Trinajstić information content (AvgIpc) is 3.51. The zero-order valence-electron chi connectivity index (χ0n) is 17.0. The Balaban J connectivity index is 1.33. The number of ether oxygens (including phenoxy) is 3. The molecule has 162 valence electrons. The van der Waals surface area contributed by atoms with Crippen molar-refractivity contribution in [3.05, 3.63) is 77.5 Å². The van der Waals surface area contributed by atoms with E-state index in [-0.39, 0.29) is 30.5 Å². The van der Waals surface area contributed by atoms with Crippen LogP contribution >= 0.6 is 0 Å². The number of nitrogens with one attached hydrogen (secondary N) is 1. The van der Waals surface area contributed by atoms with E-state index in [1.165, 1.54) is 6.33 Å². The van der Waals surface area contributed by atoms with Crippen LogP contribution in [0.5, 0.6) is 5.75 Å². The molecular weight excluding hydrogens is 410 g/mol. The first-order valence-corrected chi connectivity index (χ1v) is 10.5. The summed E-state index contributed by atoms with van der Waals surface area (Å²) in [5, 5.41) is 10.4. The first-order valence-electron chi connectivity index (χ1n) is 10.5. The molecule has 8 nitrogen and oxygen atoms in total. The molecule has 2 aliphatic rings. The SMILES string of the molecule is O=c1[nH]cnc2c1c(-c1ccc(O[C@@H]3COC4[C@H](O)CO[C@H]43)cc1)cn2-c1ccccc1. The fourth-order valence-corrected chi connectivity index (χ4v) is 4.51. The Labute approximate surface area is 183 Å². The Kier molecular flexibility index (Phi) is 4.57. The maximum atomic E-state index is 12.7. The lowest BCUT2D eigenvalue weighted by Crippen LogP contribution is -2.34. The maximum Gasteiger partial charge on any atom is 0.260 e. The highest BCUT2D eigenvalue weighted by atomic mass is 16.6. The molecule has 1 unspecified atom stereocenters. The van der Waals surface area contributed by atoms with Crippen molar-refractivity contribution in [2.45, 2.75) is 24.4 Å². The van der Waals surface area contributed by atoms with E-state index in [1.807, 2.05) is 65.4 Å². The molecule has 0 saturated carbocycles. The number of aliphatic hydroxyl groups is 1. The summed E-state index contributed by atoms with van der Waals surface area (Å²) >= 11 is 0. The van der Waals surface area contributed by atoms with E-state index >= 15 is 0 Å². The number of hydrogen-bond acceptors (Lipinski definition) is 6. The van der Waals surface area contributed by atoms with E-state index in [2.05, 4.69) is 9.97 Å².